The maximum absolute atomic E-state index is 13.2. The summed E-state index contributed by atoms with van der Waals surface area (Å²) in [6.45, 7) is 5.37. The van der Waals surface area contributed by atoms with Crippen molar-refractivity contribution >= 4 is 18.0 Å². The third-order valence-electron chi connectivity index (χ3n) is 8.28. The van der Waals surface area contributed by atoms with E-state index in [0.717, 1.165) is 63.7 Å². The van der Waals surface area contributed by atoms with Crippen LogP contribution in [0.2, 0.25) is 0 Å². The van der Waals surface area contributed by atoms with E-state index in [0.29, 0.717) is 19.0 Å². The van der Waals surface area contributed by atoms with E-state index in [4.69, 9.17) is 0 Å². The highest BCUT2D eigenvalue weighted by molar-refractivity contribution is 5.83. The zero-order valence-electron chi connectivity index (χ0n) is 20.6. The molecule has 0 bridgehead atoms. The fourth-order valence-electron chi connectivity index (χ4n) is 6.30. The number of hydrogen-bond acceptors (Lipinski definition) is 5. The van der Waals surface area contributed by atoms with Crippen LogP contribution in [0.4, 0.5) is 0 Å². The third-order valence-corrected chi connectivity index (χ3v) is 8.28. The van der Waals surface area contributed by atoms with Crippen molar-refractivity contribution in [3.63, 3.8) is 0 Å². The second-order valence-electron chi connectivity index (χ2n) is 10.5. The number of rotatable bonds is 4. The monoisotopic (exact) mass is 473 g/mol. The van der Waals surface area contributed by atoms with Crippen LogP contribution in [0, 0.1) is 17.2 Å². The number of aliphatic imine (C=N–C) groups is 1. The Labute approximate surface area is 207 Å². The Morgan fingerprint density at radius 2 is 1.94 bits per heavy atom. The van der Waals surface area contributed by atoms with Crippen LogP contribution < -0.4 is 5.32 Å². The van der Waals surface area contributed by atoms with Gasteiger partial charge in [-0.1, -0.05) is 17.7 Å². The van der Waals surface area contributed by atoms with Gasteiger partial charge in [-0.15, -0.1) is 0 Å². The number of nitrogens with one attached hydrogen (secondary N) is 1. The van der Waals surface area contributed by atoms with Crippen LogP contribution in [0.3, 0.4) is 0 Å². The van der Waals surface area contributed by atoms with Gasteiger partial charge in [0.2, 0.25) is 11.8 Å². The molecular formula is C28H35N5O2. The second kappa shape index (κ2) is 10.3. The van der Waals surface area contributed by atoms with Gasteiger partial charge in [0.25, 0.3) is 0 Å². The number of carbonyl (C=O) groups excluding carboxylic acids is 2. The van der Waals surface area contributed by atoms with Crippen molar-refractivity contribution < 1.29 is 9.59 Å². The molecule has 0 aromatic heterocycles. The Morgan fingerprint density at radius 3 is 2.71 bits per heavy atom. The van der Waals surface area contributed by atoms with Gasteiger partial charge in [-0.2, -0.15) is 5.26 Å². The molecule has 4 aliphatic rings. The van der Waals surface area contributed by atoms with Gasteiger partial charge < -0.3 is 15.1 Å². The Hall–Kier alpha value is -2.98. The first-order valence-corrected chi connectivity index (χ1v) is 13.0. The Bertz CT molecular complexity index is 1080. The summed E-state index contributed by atoms with van der Waals surface area (Å²) in [4.78, 5) is 33.2. The molecule has 0 spiro atoms. The molecule has 3 atom stereocenters. The number of likely N-dealkylation sites (tertiary alicyclic amines) is 2. The van der Waals surface area contributed by atoms with Crippen LogP contribution in [0.1, 0.15) is 62.5 Å². The highest BCUT2D eigenvalue weighted by Gasteiger charge is 2.36. The third kappa shape index (κ3) is 5.18. The lowest BCUT2D eigenvalue weighted by atomic mass is 9.75. The minimum absolute atomic E-state index is 0.0376. The first-order valence-electron chi connectivity index (χ1n) is 13.0. The summed E-state index contributed by atoms with van der Waals surface area (Å²) in [6.07, 6.45) is 7.59. The number of benzene rings is 1. The smallest absolute Gasteiger partial charge is 0.225 e. The van der Waals surface area contributed by atoms with E-state index in [1.165, 1.54) is 16.7 Å². The number of hydrogen-bond donors (Lipinski definition) is 1. The molecule has 3 heterocycles. The van der Waals surface area contributed by atoms with Crippen LogP contribution in [-0.4, -0.2) is 72.6 Å². The molecule has 2 fully saturated rings. The Balaban J connectivity index is 1.23. The molecule has 2 saturated heterocycles. The molecule has 35 heavy (non-hydrogen) atoms. The van der Waals surface area contributed by atoms with Crippen molar-refractivity contribution in [2.75, 3.05) is 32.7 Å². The van der Waals surface area contributed by atoms with Gasteiger partial charge in [0, 0.05) is 63.9 Å². The van der Waals surface area contributed by atoms with Crippen LogP contribution in [0.15, 0.2) is 40.4 Å². The molecule has 2 amide bonds. The van der Waals surface area contributed by atoms with Gasteiger partial charge in [0.15, 0.2) is 0 Å². The number of nitrogens with zero attached hydrogens (tertiary/aromatic N) is 4. The van der Waals surface area contributed by atoms with Crippen molar-refractivity contribution in [1.82, 2.24) is 15.1 Å². The number of dihydropyridines is 1. The lowest BCUT2D eigenvalue weighted by Gasteiger charge is -2.36. The Morgan fingerprint density at radius 1 is 1.14 bits per heavy atom. The number of amides is 2. The van der Waals surface area contributed by atoms with Crippen molar-refractivity contribution in [3.8, 4) is 6.07 Å². The van der Waals surface area contributed by atoms with Crippen molar-refractivity contribution in [1.29, 1.82) is 5.26 Å². The SMILES string of the molecule is CC(=O)N1CCC(C(=O)N2CCC(NC3CC(c4cccc(C#N)c4)CC4=C3C=NCC4)C2)CC1. The maximum atomic E-state index is 13.2. The largest absolute Gasteiger partial charge is 0.343 e. The molecule has 3 unspecified atom stereocenters. The number of piperidine rings is 1. The van der Waals surface area contributed by atoms with Crippen LogP contribution >= 0.6 is 0 Å². The topological polar surface area (TPSA) is 88.8 Å². The molecule has 3 aliphatic heterocycles. The van der Waals surface area contributed by atoms with E-state index in [1.54, 1.807) is 6.92 Å². The summed E-state index contributed by atoms with van der Waals surface area (Å²) < 4.78 is 0. The summed E-state index contributed by atoms with van der Waals surface area (Å²) in [5.41, 5.74) is 4.78. The summed E-state index contributed by atoms with van der Waals surface area (Å²) in [6, 6.07) is 10.8. The highest BCUT2D eigenvalue weighted by Crippen LogP contribution is 2.39. The van der Waals surface area contributed by atoms with E-state index in [9.17, 15) is 14.9 Å². The standard InChI is InChI=1S/C28H35N5O2/c1-19(34)32-10-6-21(7-11-32)28(35)33-12-8-25(18-33)31-27-15-24(14-23-5-9-30-17-26(23)27)22-4-2-3-20(13-22)16-29/h2-4,13,17,21,24-25,27,31H,5-12,14-15,18H2,1H3. The van der Waals surface area contributed by atoms with E-state index < -0.39 is 0 Å². The zero-order valence-corrected chi connectivity index (χ0v) is 20.6. The summed E-state index contributed by atoms with van der Waals surface area (Å²) in [7, 11) is 0. The quantitative estimate of drug-likeness (QED) is 0.728. The normalized spacial score (nSPS) is 27.0. The molecule has 7 heteroatoms. The molecule has 1 N–H and O–H groups in total. The second-order valence-corrected chi connectivity index (χ2v) is 10.5. The molecule has 1 aliphatic carbocycles. The van der Waals surface area contributed by atoms with Gasteiger partial charge >= 0.3 is 0 Å². The molecule has 0 saturated carbocycles. The van der Waals surface area contributed by atoms with Crippen molar-refractivity contribution in [2.24, 2.45) is 10.9 Å². The van der Waals surface area contributed by atoms with Gasteiger partial charge in [-0.3, -0.25) is 14.6 Å². The van der Waals surface area contributed by atoms with Crippen LogP contribution in [0.5, 0.6) is 0 Å². The van der Waals surface area contributed by atoms with Gasteiger partial charge in [-0.25, -0.2) is 0 Å². The maximum Gasteiger partial charge on any atom is 0.225 e. The van der Waals surface area contributed by atoms with Crippen LogP contribution in [0.25, 0.3) is 0 Å². The lowest BCUT2D eigenvalue weighted by molar-refractivity contribution is -0.139. The number of nitriles is 1. The molecule has 0 radical (unpaired) electrons. The van der Waals surface area contributed by atoms with Crippen molar-refractivity contribution in [3.05, 3.63) is 46.5 Å². The molecular weight excluding hydrogens is 438 g/mol. The van der Waals surface area contributed by atoms with E-state index in [-0.39, 0.29) is 29.8 Å². The van der Waals surface area contributed by atoms with E-state index in [1.807, 2.05) is 28.0 Å². The first kappa shape index (κ1) is 23.7. The van der Waals surface area contributed by atoms with Gasteiger partial charge in [0.1, 0.15) is 0 Å². The number of carbonyl (C=O) groups is 2. The lowest BCUT2D eigenvalue weighted by Crippen LogP contribution is -2.46. The molecule has 1 aromatic carbocycles. The van der Waals surface area contributed by atoms with E-state index in [2.05, 4.69) is 28.7 Å². The zero-order chi connectivity index (χ0) is 24.4. The summed E-state index contributed by atoms with van der Waals surface area (Å²) in [5.74, 6) is 0.783. The molecule has 5 rings (SSSR count). The average molecular weight is 474 g/mol. The minimum atomic E-state index is 0.0376. The molecule has 1 aromatic rings. The first-order chi connectivity index (χ1) is 17.0. The minimum Gasteiger partial charge on any atom is -0.343 e. The average Bonchev–Trinajstić information content (AvgIpc) is 3.36. The molecule has 7 nitrogen and oxygen atoms in total. The summed E-state index contributed by atoms with van der Waals surface area (Å²) in [5, 5.41) is 13.2. The fourth-order valence-corrected chi connectivity index (χ4v) is 6.30. The predicted molar refractivity (Wildman–Crippen MR) is 135 cm³/mol. The summed E-state index contributed by atoms with van der Waals surface area (Å²) >= 11 is 0. The van der Waals surface area contributed by atoms with Crippen molar-refractivity contribution in [2.45, 2.75) is 63.5 Å². The molecule has 184 valence electrons. The van der Waals surface area contributed by atoms with Gasteiger partial charge in [0.05, 0.1) is 11.6 Å². The highest BCUT2D eigenvalue weighted by atomic mass is 16.2. The van der Waals surface area contributed by atoms with Gasteiger partial charge in [-0.05, 0) is 67.7 Å². The van der Waals surface area contributed by atoms with Crippen LogP contribution in [-0.2, 0) is 9.59 Å². The fraction of sp³-hybridized carbons (Fsp3) is 0.571. The predicted octanol–water partition coefficient (Wildman–Crippen LogP) is 3.02. The Kier molecular flexibility index (Phi) is 7.01. The van der Waals surface area contributed by atoms with E-state index >= 15 is 0 Å².